The maximum absolute atomic E-state index is 13.5. The number of nitriles is 1. The lowest BCUT2D eigenvalue weighted by Gasteiger charge is -2.13. The van der Waals surface area contributed by atoms with Gasteiger partial charge in [0, 0.05) is 34.3 Å². The number of nitrogens with one attached hydrogen (secondary N) is 1. The van der Waals surface area contributed by atoms with Gasteiger partial charge in [0.1, 0.15) is 22.7 Å². The molecule has 0 atom stereocenters. The van der Waals surface area contributed by atoms with E-state index in [0.717, 1.165) is 16.9 Å². The number of amides is 2. The molecule has 202 valence electrons. The summed E-state index contributed by atoms with van der Waals surface area (Å²) in [6.45, 7) is 2.74. The van der Waals surface area contributed by atoms with Gasteiger partial charge in [-0.05, 0) is 55.5 Å². The van der Waals surface area contributed by atoms with Crippen molar-refractivity contribution in [3.05, 3.63) is 83.7 Å². The third kappa shape index (κ3) is 5.04. The zero-order valence-electron chi connectivity index (χ0n) is 22.0. The van der Waals surface area contributed by atoms with Crippen LogP contribution in [0.1, 0.15) is 21.6 Å². The molecular formula is C30H22N6O4S. The quantitative estimate of drug-likeness (QED) is 0.274. The van der Waals surface area contributed by atoms with Crippen LogP contribution in [0.2, 0.25) is 0 Å². The van der Waals surface area contributed by atoms with E-state index in [2.05, 4.69) is 21.4 Å². The van der Waals surface area contributed by atoms with Crippen LogP contribution in [0.15, 0.2) is 66.9 Å². The van der Waals surface area contributed by atoms with Gasteiger partial charge in [-0.25, -0.2) is 14.8 Å². The predicted octanol–water partition coefficient (Wildman–Crippen LogP) is 5.82. The number of anilines is 2. The Bertz CT molecular complexity index is 1860. The predicted molar refractivity (Wildman–Crippen MR) is 155 cm³/mol. The van der Waals surface area contributed by atoms with Gasteiger partial charge in [-0.15, -0.1) is 0 Å². The Kier molecular flexibility index (Phi) is 6.74. The number of pyridine rings is 2. The first kappa shape index (κ1) is 25.9. The molecular weight excluding hydrogens is 540 g/mol. The molecule has 0 aliphatic carbocycles. The molecule has 1 saturated heterocycles. The van der Waals surface area contributed by atoms with Gasteiger partial charge < -0.3 is 9.47 Å². The smallest absolute Gasteiger partial charge is 0.414 e. The number of rotatable bonds is 6. The molecule has 1 fully saturated rings. The van der Waals surface area contributed by atoms with E-state index in [1.54, 1.807) is 36.3 Å². The molecule has 2 aromatic carbocycles. The summed E-state index contributed by atoms with van der Waals surface area (Å²) in [7, 11) is 1.54. The van der Waals surface area contributed by atoms with Crippen LogP contribution < -0.4 is 15.0 Å². The molecule has 1 N–H and O–H groups in total. The molecule has 4 heterocycles. The number of cyclic esters (lactones) is 1. The zero-order chi connectivity index (χ0) is 28.5. The highest BCUT2D eigenvalue weighted by Crippen LogP contribution is 2.35. The van der Waals surface area contributed by atoms with Gasteiger partial charge in [0.05, 0.1) is 36.5 Å². The van der Waals surface area contributed by atoms with Crippen molar-refractivity contribution in [2.24, 2.45) is 0 Å². The summed E-state index contributed by atoms with van der Waals surface area (Å²) in [6, 6.07) is 20.2. The minimum absolute atomic E-state index is 0.318. The Hall–Kier alpha value is -5.34. The fourth-order valence-electron chi connectivity index (χ4n) is 4.59. The lowest BCUT2D eigenvalue weighted by Crippen LogP contribution is -2.23. The van der Waals surface area contributed by atoms with E-state index >= 15 is 0 Å². The molecule has 0 saturated carbocycles. The van der Waals surface area contributed by atoms with Crippen LogP contribution in [-0.4, -0.2) is 47.2 Å². The van der Waals surface area contributed by atoms with Gasteiger partial charge in [0.2, 0.25) is 0 Å². The van der Waals surface area contributed by atoms with Crippen molar-refractivity contribution in [1.82, 2.24) is 15.0 Å². The van der Waals surface area contributed by atoms with Crippen molar-refractivity contribution >= 4 is 44.5 Å². The van der Waals surface area contributed by atoms with Crippen molar-refractivity contribution in [2.75, 3.05) is 30.5 Å². The van der Waals surface area contributed by atoms with Crippen LogP contribution >= 0.6 is 11.3 Å². The van der Waals surface area contributed by atoms with Gasteiger partial charge in [0.15, 0.2) is 5.13 Å². The number of methoxy groups -OCH3 is 1. The number of hydrogen-bond acceptors (Lipinski definition) is 9. The first-order valence-electron chi connectivity index (χ1n) is 12.6. The van der Waals surface area contributed by atoms with Crippen molar-refractivity contribution in [3.8, 4) is 34.2 Å². The van der Waals surface area contributed by atoms with Crippen molar-refractivity contribution in [1.29, 1.82) is 5.26 Å². The van der Waals surface area contributed by atoms with Gasteiger partial charge in [-0.2, -0.15) is 5.26 Å². The van der Waals surface area contributed by atoms with Crippen LogP contribution in [0.5, 0.6) is 5.75 Å². The van der Waals surface area contributed by atoms with E-state index in [1.807, 2.05) is 43.3 Å². The molecule has 10 nitrogen and oxygen atoms in total. The summed E-state index contributed by atoms with van der Waals surface area (Å²) in [5.74, 6) is 0.140. The van der Waals surface area contributed by atoms with Crippen molar-refractivity contribution in [3.63, 3.8) is 0 Å². The summed E-state index contributed by atoms with van der Waals surface area (Å²) < 4.78 is 10.5. The van der Waals surface area contributed by atoms with Crippen molar-refractivity contribution in [2.45, 2.75) is 6.92 Å². The summed E-state index contributed by atoms with van der Waals surface area (Å²) in [6.07, 6.45) is 1.16. The molecule has 0 bridgehead atoms. The van der Waals surface area contributed by atoms with Gasteiger partial charge in [-0.1, -0.05) is 23.5 Å². The van der Waals surface area contributed by atoms with Crippen molar-refractivity contribution < 1.29 is 19.1 Å². The molecule has 1 aliphatic heterocycles. The third-order valence-corrected chi connectivity index (χ3v) is 7.50. The molecule has 1 aliphatic rings. The summed E-state index contributed by atoms with van der Waals surface area (Å²) in [5, 5.41) is 12.7. The van der Waals surface area contributed by atoms with Crippen LogP contribution in [0.25, 0.3) is 32.7 Å². The maximum Gasteiger partial charge on any atom is 0.414 e. The number of carbonyl (C=O) groups is 2. The standard InChI is InChI=1S/C30H22N6O4S/c1-17-13-21(22-14-18(15-31)3-10-26(22)39-2)23(16-32-17)27(37)35-29-34-25-9-8-24(33-28(25)41-29)19-4-6-20(7-5-19)36-11-12-40-30(36)38/h3-10,13-14,16H,11-12H2,1-2H3,(H,34,35,37). The SMILES string of the molecule is COc1ccc(C#N)cc1-c1cc(C)ncc1C(=O)Nc1nc2ccc(-c3ccc(N4CCOC4=O)cc3)nc2s1. The van der Waals surface area contributed by atoms with Crippen LogP contribution in [0.4, 0.5) is 15.6 Å². The van der Waals surface area contributed by atoms with E-state index in [4.69, 9.17) is 14.5 Å². The second-order valence-corrected chi connectivity index (χ2v) is 10.2. The highest BCUT2D eigenvalue weighted by molar-refractivity contribution is 7.22. The summed E-state index contributed by atoms with van der Waals surface area (Å²) in [5.41, 5.74) is 5.72. The lowest BCUT2D eigenvalue weighted by molar-refractivity contribution is 0.102. The van der Waals surface area contributed by atoms with Crippen LogP contribution in [-0.2, 0) is 4.74 Å². The third-order valence-electron chi connectivity index (χ3n) is 6.62. The first-order valence-corrected chi connectivity index (χ1v) is 13.4. The zero-order valence-corrected chi connectivity index (χ0v) is 22.9. The van der Waals surface area contributed by atoms with E-state index in [1.165, 1.54) is 17.5 Å². The first-order chi connectivity index (χ1) is 19.9. The van der Waals surface area contributed by atoms with Crippen LogP contribution in [0, 0.1) is 18.3 Å². The normalized spacial score (nSPS) is 12.7. The fourth-order valence-corrected chi connectivity index (χ4v) is 5.42. The van der Waals surface area contributed by atoms with Crippen LogP contribution in [0.3, 0.4) is 0 Å². The lowest BCUT2D eigenvalue weighted by atomic mass is 9.97. The molecule has 0 unspecified atom stereocenters. The number of fused-ring (bicyclic) bond motifs is 1. The van der Waals surface area contributed by atoms with Gasteiger partial charge >= 0.3 is 6.09 Å². The molecule has 3 aromatic heterocycles. The second-order valence-electron chi connectivity index (χ2n) is 9.20. The topological polar surface area (TPSA) is 130 Å². The number of nitrogens with zero attached hydrogens (tertiary/aromatic N) is 5. The average molecular weight is 563 g/mol. The second kappa shape index (κ2) is 10.7. The number of aromatic nitrogens is 3. The van der Waals surface area contributed by atoms with E-state index in [-0.39, 0.29) is 6.09 Å². The Morgan fingerprint density at radius 1 is 1.10 bits per heavy atom. The molecule has 0 radical (unpaired) electrons. The minimum atomic E-state index is -0.396. The Balaban J connectivity index is 1.27. The number of hydrogen-bond donors (Lipinski definition) is 1. The molecule has 5 aromatic rings. The van der Waals surface area contributed by atoms with E-state index in [9.17, 15) is 14.9 Å². The highest BCUT2D eigenvalue weighted by atomic mass is 32.1. The number of benzene rings is 2. The molecule has 41 heavy (non-hydrogen) atoms. The molecule has 11 heteroatoms. The molecule has 0 spiro atoms. The Morgan fingerprint density at radius 2 is 1.93 bits per heavy atom. The Morgan fingerprint density at radius 3 is 2.66 bits per heavy atom. The van der Waals surface area contributed by atoms with Gasteiger partial charge in [0.25, 0.3) is 5.91 Å². The maximum atomic E-state index is 13.5. The summed E-state index contributed by atoms with van der Waals surface area (Å²) >= 11 is 1.26. The number of thiazole rings is 1. The largest absolute Gasteiger partial charge is 0.496 e. The minimum Gasteiger partial charge on any atom is -0.496 e. The average Bonchev–Trinajstić information content (AvgIpc) is 3.61. The number of carbonyl (C=O) groups excluding carboxylic acids is 2. The number of ether oxygens (including phenoxy) is 2. The monoisotopic (exact) mass is 562 g/mol. The Labute approximate surface area is 238 Å². The highest BCUT2D eigenvalue weighted by Gasteiger charge is 2.23. The van der Waals surface area contributed by atoms with Gasteiger partial charge in [-0.3, -0.25) is 20.0 Å². The number of aryl methyl sites for hydroxylation is 1. The molecule has 2 amide bonds. The fraction of sp³-hybridized carbons (Fsp3) is 0.133. The summed E-state index contributed by atoms with van der Waals surface area (Å²) in [4.78, 5) is 41.2. The van der Waals surface area contributed by atoms with E-state index in [0.29, 0.717) is 62.3 Å². The van der Waals surface area contributed by atoms with E-state index < -0.39 is 5.91 Å². The molecule has 6 rings (SSSR count).